The third-order valence-electron chi connectivity index (χ3n) is 2.20. The number of hydrogen-bond donors (Lipinski definition) is 1. The van der Waals surface area contributed by atoms with Gasteiger partial charge < -0.3 is 10.5 Å². The number of nitrogens with two attached hydrogens (primary N) is 1. The molecule has 0 aliphatic rings. The van der Waals surface area contributed by atoms with Gasteiger partial charge in [0, 0.05) is 19.2 Å². The van der Waals surface area contributed by atoms with E-state index in [-0.39, 0.29) is 0 Å². The molecule has 1 heterocycles. The lowest BCUT2D eigenvalue weighted by Gasteiger charge is -2.05. The molecule has 0 saturated carbocycles. The van der Waals surface area contributed by atoms with Crippen LogP contribution in [0.2, 0.25) is 0 Å². The monoisotopic (exact) mass is 217 g/mol. The molecule has 2 aromatic rings. The molecule has 0 aliphatic carbocycles. The largest absolute Gasteiger partial charge is 0.494 e. The molecule has 16 heavy (non-hydrogen) atoms. The second-order valence-electron chi connectivity index (χ2n) is 3.52. The van der Waals surface area contributed by atoms with Crippen LogP contribution in [0.4, 0.5) is 5.82 Å². The van der Waals surface area contributed by atoms with E-state index in [1.54, 1.807) is 6.07 Å². The van der Waals surface area contributed by atoms with E-state index in [9.17, 15) is 0 Å². The first-order valence-corrected chi connectivity index (χ1v) is 5.31. The van der Waals surface area contributed by atoms with Crippen molar-refractivity contribution in [2.24, 2.45) is 0 Å². The van der Waals surface area contributed by atoms with Crippen molar-refractivity contribution in [3.05, 3.63) is 42.6 Å². The first-order chi connectivity index (χ1) is 7.84. The van der Waals surface area contributed by atoms with Crippen molar-refractivity contribution in [1.82, 2.24) is 9.78 Å². The standard InChI is InChI=1S/C12H15N3O/c13-12-7-9-15(14-12)8-4-10-16-11-5-2-1-3-6-11/h1-3,5-7,9H,4,8,10H2,(H2,13,14). The second-order valence-corrected chi connectivity index (χ2v) is 3.52. The summed E-state index contributed by atoms with van der Waals surface area (Å²) in [5, 5.41) is 4.09. The van der Waals surface area contributed by atoms with Gasteiger partial charge in [-0.1, -0.05) is 18.2 Å². The van der Waals surface area contributed by atoms with Gasteiger partial charge in [0.05, 0.1) is 6.61 Å². The molecular formula is C12H15N3O. The Morgan fingerprint density at radius 3 is 2.69 bits per heavy atom. The molecule has 4 heteroatoms. The van der Waals surface area contributed by atoms with Crippen molar-refractivity contribution in [2.45, 2.75) is 13.0 Å². The SMILES string of the molecule is Nc1ccn(CCCOc2ccccc2)n1. The number of ether oxygens (including phenoxy) is 1. The average Bonchev–Trinajstić information content (AvgIpc) is 2.72. The average molecular weight is 217 g/mol. The van der Waals surface area contributed by atoms with Gasteiger partial charge in [-0.15, -0.1) is 0 Å². The molecule has 0 fully saturated rings. The molecule has 0 aliphatic heterocycles. The zero-order chi connectivity index (χ0) is 11.2. The van der Waals surface area contributed by atoms with Crippen LogP contribution < -0.4 is 10.5 Å². The summed E-state index contributed by atoms with van der Waals surface area (Å²) >= 11 is 0. The van der Waals surface area contributed by atoms with Crippen LogP contribution in [0.3, 0.4) is 0 Å². The molecule has 0 unspecified atom stereocenters. The molecule has 2 rings (SSSR count). The third-order valence-corrected chi connectivity index (χ3v) is 2.20. The van der Waals surface area contributed by atoms with Gasteiger partial charge in [-0.2, -0.15) is 5.10 Å². The molecule has 2 N–H and O–H groups in total. The molecule has 0 amide bonds. The number of hydrogen-bond acceptors (Lipinski definition) is 3. The Balaban J connectivity index is 1.69. The fourth-order valence-electron chi connectivity index (χ4n) is 1.44. The van der Waals surface area contributed by atoms with Crippen LogP contribution in [0.25, 0.3) is 0 Å². The minimum absolute atomic E-state index is 0.559. The lowest BCUT2D eigenvalue weighted by Crippen LogP contribution is -2.05. The first-order valence-electron chi connectivity index (χ1n) is 5.31. The zero-order valence-electron chi connectivity index (χ0n) is 9.04. The lowest BCUT2D eigenvalue weighted by atomic mass is 10.3. The summed E-state index contributed by atoms with van der Waals surface area (Å²) in [7, 11) is 0. The van der Waals surface area contributed by atoms with Crippen LogP contribution in [-0.4, -0.2) is 16.4 Å². The van der Waals surface area contributed by atoms with Crippen LogP contribution >= 0.6 is 0 Å². The smallest absolute Gasteiger partial charge is 0.145 e. The normalized spacial score (nSPS) is 10.2. The van der Waals surface area contributed by atoms with Crippen molar-refractivity contribution in [1.29, 1.82) is 0 Å². The van der Waals surface area contributed by atoms with E-state index in [0.29, 0.717) is 12.4 Å². The third kappa shape index (κ3) is 3.02. The van der Waals surface area contributed by atoms with Gasteiger partial charge in [0.2, 0.25) is 0 Å². The Hall–Kier alpha value is -1.97. The zero-order valence-corrected chi connectivity index (χ0v) is 9.04. The Morgan fingerprint density at radius 1 is 1.19 bits per heavy atom. The second kappa shape index (κ2) is 5.21. The molecule has 0 bridgehead atoms. The number of rotatable bonds is 5. The summed E-state index contributed by atoms with van der Waals surface area (Å²) in [6.07, 6.45) is 2.79. The van der Waals surface area contributed by atoms with Gasteiger partial charge in [0.25, 0.3) is 0 Å². The van der Waals surface area contributed by atoms with Gasteiger partial charge in [0.15, 0.2) is 0 Å². The topological polar surface area (TPSA) is 53.1 Å². The molecule has 0 saturated heterocycles. The van der Waals surface area contributed by atoms with E-state index >= 15 is 0 Å². The summed E-state index contributed by atoms with van der Waals surface area (Å²) in [5.41, 5.74) is 5.51. The van der Waals surface area contributed by atoms with Crippen molar-refractivity contribution >= 4 is 5.82 Å². The summed E-state index contributed by atoms with van der Waals surface area (Å²) in [5.74, 6) is 1.46. The van der Waals surface area contributed by atoms with Crippen molar-refractivity contribution in [2.75, 3.05) is 12.3 Å². The minimum atomic E-state index is 0.559. The van der Waals surface area contributed by atoms with E-state index in [4.69, 9.17) is 10.5 Å². The fraction of sp³-hybridized carbons (Fsp3) is 0.250. The molecule has 0 radical (unpaired) electrons. The quantitative estimate of drug-likeness (QED) is 0.779. The van der Waals surface area contributed by atoms with Gasteiger partial charge in [0.1, 0.15) is 11.6 Å². The number of aromatic nitrogens is 2. The molecule has 84 valence electrons. The highest BCUT2D eigenvalue weighted by atomic mass is 16.5. The van der Waals surface area contributed by atoms with Crippen LogP contribution in [-0.2, 0) is 6.54 Å². The van der Waals surface area contributed by atoms with Crippen molar-refractivity contribution < 1.29 is 4.74 Å². The van der Waals surface area contributed by atoms with E-state index in [1.165, 1.54) is 0 Å². The number of aryl methyl sites for hydroxylation is 1. The molecule has 4 nitrogen and oxygen atoms in total. The maximum atomic E-state index is 5.56. The summed E-state index contributed by atoms with van der Waals surface area (Å²) in [6, 6.07) is 11.6. The van der Waals surface area contributed by atoms with E-state index in [0.717, 1.165) is 18.7 Å². The van der Waals surface area contributed by atoms with Gasteiger partial charge in [-0.3, -0.25) is 4.68 Å². The number of nitrogens with zero attached hydrogens (tertiary/aromatic N) is 2. The van der Waals surface area contributed by atoms with Crippen molar-refractivity contribution in [3.63, 3.8) is 0 Å². The number of anilines is 1. The van der Waals surface area contributed by atoms with Gasteiger partial charge in [-0.05, 0) is 18.2 Å². The summed E-state index contributed by atoms with van der Waals surface area (Å²) < 4.78 is 7.39. The maximum absolute atomic E-state index is 5.56. The fourth-order valence-corrected chi connectivity index (χ4v) is 1.44. The Kier molecular flexibility index (Phi) is 3.43. The molecule has 0 spiro atoms. The van der Waals surface area contributed by atoms with Crippen LogP contribution in [0.1, 0.15) is 6.42 Å². The van der Waals surface area contributed by atoms with Gasteiger partial charge in [-0.25, -0.2) is 0 Å². The van der Waals surface area contributed by atoms with Crippen LogP contribution in [0.15, 0.2) is 42.6 Å². The highest BCUT2D eigenvalue weighted by molar-refractivity contribution is 5.23. The molecule has 1 aromatic heterocycles. The highest BCUT2D eigenvalue weighted by Crippen LogP contribution is 2.08. The number of benzene rings is 1. The summed E-state index contributed by atoms with van der Waals surface area (Å²) in [4.78, 5) is 0. The van der Waals surface area contributed by atoms with Gasteiger partial charge >= 0.3 is 0 Å². The molecule has 0 atom stereocenters. The molecular weight excluding hydrogens is 202 g/mol. The Bertz CT molecular complexity index is 425. The van der Waals surface area contributed by atoms with Crippen LogP contribution in [0.5, 0.6) is 5.75 Å². The Morgan fingerprint density at radius 2 is 2.00 bits per heavy atom. The highest BCUT2D eigenvalue weighted by Gasteiger charge is 1.95. The van der Waals surface area contributed by atoms with Crippen molar-refractivity contribution in [3.8, 4) is 5.75 Å². The maximum Gasteiger partial charge on any atom is 0.145 e. The summed E-state index contributed by atoms with van der Waals surface area (Å²) in [6.45, 7) is 1.51. The Labute approximate surface area is 94.6 Å². The predicted octanol–water partition coefficient (Wildman–Crippen LogP) is 1.93. The van der Waals surface area contributed by atoms with E-state index in [2.05, 4.69) is 5.10 Å². The number of nitrogen functional groups attached to an aromatic ring is 1. The first kappa shape index (κ1) is 10.5. The lowest BCUT2D eigenvalue weighted by molar-refractivity contribution is 0.299. The molecule has 1 aromatic carbocycles. The minimum Gasteiger partial charge on any atom is -0.494 e. The van der Waals surface area contributed by atoms with E-state index in [1.807, 2.05) is 41.2 Å². The number of para-hydroxylation sites is 1. The predicted molar refractivity (Wildman–Crippen MR) is 63.2 cm³/mol. The van der Waals surface area contributed by atoms with E-state index < -0.39 is 0 Å². The van der Waals surface area contributed by atoms with Crippen LogP contribution in [0, 0.1) is 0 Å².